The number of pyridine rings is 1. The molecule has 0 unspecified atom stereocenters. The van der Waals surface area contributed by atoms with Gasteiger partial charge in [0.05, 0.1) is 10.5 Å². The van der Waals surface area contributed by atoms with Crippen molar-refractivity contribution in [2.45, 2.75) is 27.7 Å². The van der Waals surface area contributed by atoms with Crippen LogP contribution in [0.25, 0.3) is 76.1 Å². The van der Waals surface area contributed by atoms with Gasteiger partial charge in [-0.3, -0.25) is 0 Å². The predicted molar refractivity (Wildman–Crippen MR) is 212 cm³/mol. The van der Waals surface area contributed by atoms with Crippen LogP contribution in [0.1, 0.15) is 22.3 Å². The van der Waals surface area contributed by atoms with Gasteiger partial charge in [0.25, 0.3) is 0 Å². The van der Waals surface area contributed by atoms with E-state index in [4.69, 9.17) is 14.8 Å². The van der Waals surface area contributed by atoms with Crippen molar-refractivity contribution in [1.82, 2.24) is 24.1 Å². The summed E-state index contributed by atoms with van der Waals surface area (Å²) in [5, 5.41) is 14.1. The Bertz CT molecular complexity index is 3100. The zero-order chi connectivity index (χ0) is 36.0. The second-order valence-electron chi connectivity index (χ2n) is 13.6. The topological polar surface area (TPSA) is 57.2 Å². The maximum absolute atomic E-state index is 15.8. The largest absolute Gasteiger partial charge is 2.00 e. The van der Waals surface area contributed by atoms with Crippen LogP contribution in [0.5, 0.6) is 11.5 Å². The van der Waals surface area contributed by atoms with Crippen molar-refractivity contribution in [3.8, 4) is 38.5 Å². The molecule has 54 heavy (non-hydrogen) atoms. The van der Waals surface area contributed by atoms with Crippen LogP contribution in [0, 0.1) is 45.6 Å². The Balaban J connectivity index is 0.00000384. The standard InChI is InChI=1S/C45H30FN5OS.Pt/c1-25-20-27(3)41(28(4)21-25)44-49-48-43-35-22-29(17-19-34(35)42-36(46)13-9-15-38(42)51(43)44)52-30-16-18-33-32-12-7-8-14-37(32)50(39(33)23-30)45-47-24-40(53-45)31-11-6-5-10-26(31)2;/h5-21,24H,1-4H3;/q-2;+2. The van der Waals surface area contributed by atoms with Crippen LogP contribution in [0.2, 0.25) is 0 Å². The number of fused-ring (bicyclic) bond motifs is 9. The van der Waals surface area contributed by atoms with E-state index in [1.807, 2.05) is 47.0 Å². The molecule has 9 heteroatoms. The first-order chi connectivity index (χ1) is 25.8. The van der Waals surface area contributed by atoms with Gasteiger partial charge in [-0.2, -0.15) is 11.2 Å². The zero-order valence-electron chi connectivity index (χ0n) is 29.6. The number of ether oxygens (including phenoxy) is 1. The van der Waals surface area contributed by atoms with Crippen LogP contribution < -0.4 is 4.74 Å². The number of benzene rings is 6. The first-order valence-electron chi connectivity index (χ1n) is 17.4. The molecule has 0 radical (unpaired) electrons. The van der Waals surface area contributed by atoms with Gasteiger partial charge in [-0.25, -0.2) is 9.37 Å². The average Bonchev–Trinajstić information content (AvgIpc) is 3.88. The van der Waals surface area contributed by atoms with E-state index in [1.54, 1.807) is 17.4 Å². The molecule has 0 amide bonds. The monoisotopic (exact) mass is 902 g/mol. The summed E-state index contributed by atoms with van der Waals surface area (Å²) in [6, 6.07) is 40.7. The summed E-state index contributed by atoms with van der Waals surface area (Å²) in [4.78, 5) is 5.99. The third-order valence-corrected chi connectivity index (χ3v) is 11.1. The summed E-state index contributed by atoms with van der Waals surface area (Å²) < 4.78 is 26.4. The quantitative estimate of drug-likeness (QED) is 0.128. The Morgan fingerprint density at radius 1 is 0.704 bits per heavy atom. The van der Waals surface area contributed by atoms with Crippen LogP contribution in [-0.2, 0) is 21.1 Å². The van der Waals surface area contributed by atoms with Gasteiger partial charge < -0.3 is 13.7 Å². The molecule has 10 rings (SSSR count). The van der Waals surface area contributed by atoms with Crippen molar-refractivity contribution in [1.29, 1.82) is 0 Å². The molecule has 264 valence electrons. The van der Waals surface area contributed by atoms with Crippen molar-refractivity contribution < 1.29 is 30.2 Å². The number of halogens is 1. The molecular formula is C45H30FN5OPtS. The van der Waals surface area contributed by atoms with E-state index in [2.05, 4.69) is 104 Å². The average molecular weight is 903 g/mol. The van der Waals surface area contributed by atoms with Crippen molar-refractivity contribution in [3.63, 3.8) is 0 Å². The Morgan fingerprint density at radius 3 is 2.24 bits per heavy atom. The van der Waals surface area contributed by atoms with Gasteiger partial charge in [0, 0.05) is 34.3 Å². The summed E-state index contributed by atoms with van der Waals surface area (Å²) in [5.74, 6) is 1.31. The van der Waals surface area contributed by atoms with Crippen LogP contribution in [0.4, 0.5) is 4.39 Å². The van der Waals surface area contributed by atoms with Gasteiger partial charge in [0.2, 0.25) is 0 Å². The maximum atomic E-state index is 15.8. The zero-order valence-corrected chi connectivity index (χ0v) is 32.7. The predicted octanol–water partition coefficient (Wildman–Crippen LogP) is 11.7. The first kappa shape index (κ1) is 34.1. The minimum atomic E-state index is -0.326. The Kier molecular flexibility index (Phi) is 8.22. The van der Waals surface area contributed by atoms with Gasteiger partial charge in [0.15, 0.2) is 11.0 Å². The minimum Gasteiger partial charge on any atom is -0.503 e. The van der Waals surface area contributed by atoms with Crippen LogP contribution in [0.3, 0.4) is 0 Å². The third kappa shape index (κ3) is 5.27. The van der Waals surface area contributed by atoms with Gasteiger partial charge in [-0.05, 0) is 78.9 Å². The number of hydrogen-bond acceptors (Lipinski definition) is 5. The molecule has 4 heterocycles. The van der Waals surface area contributed by atoms with E-state index < -0.39 is 0 Å². The second kappa shape index (κ2) is 13.0. The summed E-state index contributed by atoms with van der Waals surface area (Å²) in [6.45, 7) is 8.34. The van der Waals surface area contributed by atoms with E-state index in [1.165, 1.54) is 22.8 Å². The molecule has 0 saturated heterocycles. The summed E-state index contributed by atoms with van der Waals surface area (Å²) in [5.41, 5.74) is 9.84. The number of aromatic nitrogens is 5. The Morgan fingerprint density at radius 2 is 1.43 bits per heavy atom. The third-order valence-electron chi connectivity index (χ3n) is 10.1. The minimum absolute atomic E-state index is 0. The molecular weight excluding hydrogens is 873 g/mol. The summed E-state index contributed by atoms with van der Waals surface area (Å²) in [7, 11) is 0. The molecule has 0 bridgehead atoms. The Hall–Kier alpha value is -5.69. The molecule has 0 aliphatic carbocycles. The number of para-hydroxylation sites is 1. The van der Waals surface area contributed by atoms with Crippen molar-refractivity contribution in [2.75, 3.05) is 0 Å². The Labute approximate surface area is 328 Å². The van der Waals surface area contributed by atoms with Crippen LogP contribution >= 0.6 is 11.3 Å². The molecule has 0 aliphatic rings. The second-order valence-corrected chi connectivity index (χ2v) is 14.6. The fourth-order valence-electron chi connectivity index (χ4n) is 7.85. The first-order valence-corrected chi connectivity index (χ1v) is 18.2. The van der Waals surface area contributed by atoms with E-state index in [0.29, 0.717) is 44.6 Å². The molecule has 0 N–H and O–H groups in total. The number of hydrogen-bond donors (Lipinski definition) is 0. The van der Waals surface area contributed by atoms with E-state index in [0.717, 1.165) is 48.5 Å². The number of aryl methyl sites for hydroxylation is 4. The van der Waals surface area contributed by atoms with Gasteiger partial charge in [-0.15, -0.1) is 34.8 Å². The van der Waals surface area contributed by atoms with Gasteiger partial charge in [0.1, 0.15) is 5.82 Å². The summed E-state index contributed by atoms with van der Waals surface area (Å²) in [6.07, 6.45) is 1.94. The molecule has 6 aromatic carbocycles. The molecule has 6 nitrogen and oxygen atoms in total. The molecule has 0 saturated carbocycles. The molecule has 4 aromatic heterocycles. The van der Waals surface area contributed by atoms with Crippen LogP contribution in [0.15, 0.2) is 109 Å². The van der Waals surface area contributed by atoms with Crippen LogP contribution in [-0.4, -0.2) is 24.1 Å². The van der Waals surface area contributed by atoms with Gasteiger partial charge >= 0.3 is 21.1 Å². The number of rotatable bonds is 5. The normalized spacial score (nSPS) is 11.6. The fourth-order valence-corrected chi connectivity index (χ4v) is 8.87. The van der Waals surface area contributed by atoms with Gasteiger partial charge in [-0.1, -0.05) is 99.9 Å². The molecule has 0 aliphatic heterocycles. The van der Waals surface area contributed by atoms with Crippen molar-refractivity contribution in [2.24, 2.45) is 0 Å². The van der Waals surface area contributed by atoms with E-state index in [-0.39, 0.29) is 26.9 Å². The van der Waals surface area contributed by atoms with Crippen molar-refractivity contribution in [3.05, 3.63) is 150 Å². The maximum Gasteiger partial charge on any atom is 2.00 e. The summed E-state index contributed by atoms with van der Waals surface area (Å²) >= 11 is 1.64. The molecule has 0 fully saturated rings. The smallest absolute Gasteiger partial charge is 0.503 e. The molecule has 0 spiro atoms. The number of nitrogens with zero attached hydrogens (tertiary/aromatic N) is 5. The van der Waals surface area contributed by atoms with E-state index in [9.17, 15) is 0 Å². The van der Waals surface area contributed by atoms with Crippen molar-refractivity contribution >= 4 is 60.5 Å². The van der Waals surface area contributed by atoms with E-state index >= 15 is 4.39 Å². The number of thiazole rings is 1. The SMILES string of the molecule is Cc1cc(C)c(-c2nnc3c4[c-]c(Oc5[c-]c6c(cc5)c5ccccc5n6-c5ncc(-c6ccccc6C)s5)ccc4c4c(F)cccc4n23)c(C)c1.[Pt+2]. The molecule has 0 atom stereocenters. The fraction of sp³-hybridized carbons (Fsp3) is 0.0889. The molecule has 10 aromatic rings.